The van der Waals surface area contributed by atoms with Crippen LogP contribution in [-0.2, 0) is 6.61 Å². The zero-order chi connectivity index (χ0) is 10.7. The standard InChI is InChI=1S/C10H15N3OS/c1-8-6-13(4-5-15-8)10-3-2-9(7-14)11-12-10/h2-3,8,14H,4-7H2,1H3. The molecule has 0 bridgehead atoms. The maximum absolute atomic E-state index is 8.86. The van der Waals surface area contributed by atoms with Crippen LogP contribution < -0.4 is 4.90 Å². The number of anilines is 1. The van der Waals surface area contributed by atoms with E-state index in [0.717, 1.165) is 24.7 Å². The molecule has 0 radical (unpaired) electrons. The highest BCUT2D eigenvalue weighted by molar-refractivity contribution is 8.00. The molecule has 2 heterocycles. The van der Waals surface area contributed by atoms with Crippen LogP contribution in [-0.4, -0.2) is 39.4 Å². The Morgan fingerprint density at radius 3 is 3.00 bits per heavy atom. The minimum Gasteiger partial charge on any atom is -0.390 e. The van der Waals surface area contributed by atoms with E-state index in [1.54, 1.807) is 0 Å². The number of nitrogens with zero attached hydrogens (tertiary/aromatic N) is 3. The number of aromatic nitrogens is 2. The van der Waals surface area contributed by atoms with Crippen LogP contribution in [0.15, 0.2) is 12.1 Å². The van der Waals surface area contributed by atoms with Gasteiger partial charge in [0.1, 0.15) is 0 Å². The van der Waals surface area contributed by atoms with Crippen LogP contribution in [0.5, 0.6) is 0 Å². The zero-order valence-electron chi connectivity index (χ0n) is 8.76. The van der Waals surface area contributed by atoms with E-state index in [2.05, 4.69) is 22.0 Å². The first kappa shape index (κ1) is 10.7. The maximum Gasteiger partial charge on any atom is 0.151 e. The normalized spacial score (nSPS) is 21.7. The number of rotatable bonds is 2. The van der Waals surface area contributed by atoms with Gasteiger partial charge in [-0.2, -0.15) is 16.9 Å². The van der Waals surface area contributed by atoms with Crippen molar-refractivity contribution in [1.29, 1.82) is 0 Å². The van der Waals surface area contributed by atoms with E-state index in [0.29, 0.717) is 10.9 Å². The molecule has 1 aromatic heterocycles. The van der Waals surface area contributed by atoms with Gasteiger partial charge in [-0.15, -0.1) is 5.10 Å². The highest BCUT2D eigenvalue weighted by Crippen LogP contribution is 2.21. The van der Waals surface area contributed by atoms with Crippen molar-refractivity contribution in [3.05, 3.63) is 17.8 Å². The van der Waals surface area contributed by atoms with Gasteiger partial charge >= 0.3 is 0 Å². The fraction of sp³-hybridized carbons (Fsp3) is 0.600. The van der Waals surface area contributed by atoms with Crippen LogP contribution in [0.3, 0.4) is 0 Å². The molecule has 82 valence electrons. The molecule has 1 aromatic rings. The van der Waals surface area contributed by atoms with Gasteiger partial charge < -0.3 is 10.0 Å². The molecule has 1 aliphatic heterocycles. The molecule has 0 amide bonds. The van der Waals surface area contributed by atoms with Crippen LogP contribution >= 0.6 is 11.8 Å². The lowest BCUT2D eigenvalue weighted by molar-refractivity contribution is 0.275. The lowest BCUT2D eigenvalue weighted by Gasteiger charge is -2.31. The first-order valence-electron chi connectivity index (χ1n) is 5.09. The third-order valence-electron chi connectivity index (χ3n) is 2.43. The van der Waals surface area contributed by atoms with Gasteiger partial charge in [-0.05, 0) is 12.1 Å². The maximum atomic E-state index is 8.86. The molecule has 1 atom stereocenters. The molecule has 0 spiro atoms. The Balaban J connectivity index is 2.07. The summed E-state index contributed by atoms with van der Waals surface area (Å²) in [4.78, 5) is 2.25. The Morgan fingerprint density at radius 2 is 2.40 bits per heavy atom. The van der Waals surface area contributed by atoms with Gasteiger partial charge in [-0.3, -0.25) is 0 Å². The van der Waals surface area contributed by atoms with Crippen LogP contribution in [0.4, 0.5) is 5.82 Å². The second-order valence-corrected chi connectivity index (χ2v) is 5.21. The summed E-state index contributed by atoms with van der Waals surface area (Å²) in [5.41, 5.74) is 0.623. The number of aliphatic hydroxyl groups excluding tert-OH is 1. The molecule has 1 saturated heterocycles. The van der Waals surface area contributed by atoms with E-state index < -0.39 is 0 Å². The van der Waals surface area contributed by atoms with E-state index in [1.165, 1.54) is 0 Å². The fourth-order valence-corrected chi connectivity index (χ4v) is 2.65. The van der Waals surface area contributed by atoms with Gasteiger partial charge in [0.05, 0.1) is 12.3 Å². The number of hydrogen-bond donors (Lipinski definition) is 1. The smallest absolute Gasteiger partial charge is 0.151 e. The third kappa shape index (κ3) is 2.60. The SMILES string of the molecule is CC1CN(c2ccc(CO)nn2)CCS1. The molecule has 0 aromatic carbocycles. The molecule has 15 heavy (non-hydrogen) atoms. The Hall–Kier alpha value is -0.810. The van der Waals surface area contributed by atoms with Crippen molar-refractivity contribution in [2.45, 2.75) is 18.8 Å². The predicted molar refractivity (Wildman–Crippen MR) is 62.1 cm³/mol. The first-order chi connectivity index (χ1) is 7.29. The summed E-state index contributed by atoms with van der Waals surface area (Å²) < 4.78 is 0. The third-order valence-corrected chi connectivity index (χ3v) is 3.57. The number of thioether (sulfide) groups is 1. The molecule has 1 aliphatic rings. The Labute approximate surface area is 93.7 Å². The van der Waals surface area contributed by atoms with Gasteiger partial charge in [0.15, 0.2) is 5.82 Å². The average Bonchev–Trinajstić information content (AvgIpc) is 2.29. The van der Waals surface area contributed by atoms with E-state index in [1.807, 2.05) is 23.9 Å². The molecule has 4 nitrogen and oxygen atoms in total. The summed E-state index contributed by atoms with van der Waals surface area (Å²) >= 11 is 1.99. The average molecular weight is 225 g/mol. The molecule has 5 heteroatoms. The molecule has 1 N–H and O–H groups in total. The quantitative estimate of drug-likeness (QED) is 0.810. The van der Waals surface area contributed by atoms with E-state index in [4.69, 9.17) is 5.11 Å². The van der Waals surface area contributed by atoms with Crippen LogP contribution in [0.1, 0.15) is 12.6 Å². The first-order valence-corrected chi connectivity index (χ1v) is 6.14. The highest BCUT2D eigenvalue weighted by Gasteiger charge is 2.17. The summed E-state index contributed by atoms with van der Waals surface area (Å²) in [6.07, 6.45) is 0. The molecular weight excluding hydrogens is 210 g/mol. The topological polar surface area (TPSA) is 49.2 Å². The second-order valence-electron chi connectivity index (χ2n) is 3.67. The van der Waals surface area contributed by atoms with Gasteiger partial charge in [-0.1, -0.05) is 6.92 Å². The van der Waals surface area contributed by atoms with Crippen molar-refractivity contribution >= 4 is 17.6 Å². The van der Waals surface area contributed by atoms with E-state index in [-0.39, 0.29) is 6.61 Å². The van der Waals surface area contributed by atoms with Gasteiger partial charge in [0.25, 0.3) is 0 Å². The van der Waals surface area contributed by atoms with E-state index in [9.17, 15) is 0 Å². The van der Waals surface area contributed by atoms with Gasteiger partial charge in [-0.25, -0.2) is 0 Å². The highest BCUT2D eigenvalue weighted by atomic mass is 32.2. The number of aliphatic hydroxyl groups is 1. The van der Waals surface area contributed by atoms with Crippen molar-refractivity contribution in [3.63, 3.8) is 0 Å². The zero-order valence-corrected chi connectivity index (χ0v) is 9.57. The largest absolute Gasteiger partial charge is 0.390 e. The summed E-state index contributed by atoms with van der Waals surface area (Å²) in [5, 5.41) is 17.6. The molecule has 2 rings (SSSR count). The summed E-state index contributed by atoms with van der Waals surface area (Å²) in [7, 11) is 0. The van der Waals surface area contributed by atoms with Crippen molar-refractivity contribution < 1.29 is 5.11 Å². The summed E-state index contributed by atoms with van der Waals surface area (Å²) in [5.74, 6) is 2.06. The monoisotopic (exact) mass is 225 g/mol. The summed E-state index contributed by atoms with van der Waals surface area (Å²) in [6.45, 7) is 4.24. The van der Waals surface area contributed by atoms with E-state index >= 15 is 0 Å². The van der Waals surface area contributed by atoms with Crippen LogP contribution in [0.25, 0.3) is 0 Å². The second kappa shape index (κ2) is 4.81. The number of hydrogen-bond acceptors (Lipinski definition) is 5. The lowest BCUT2D eigenvalue weighted by Crippen LogP contribution is -2.37. The minimum absolute atomic E-state index is 0.0421. The fourth-order valence-electron chi connectivity index (χ4n) is 1.63. The predicted octanol–water partition coefficient (Wildman–Crippen LogP) is 0.911. The molecule has 1 unspecified atom stereocenters. The van der Waals surface area contributed by atoms with Crippen molar-refractivity contribution in [2.75, 3.05) is 23.7 Å². The van der Waals surface area contributed by atoms with Gasteiger partial charge in [0, 0.05) is 24.1 Å². The molecule has 0 saturated carbocycles. The summed E-state index contributed by atoms with van der Waals surface area (Å²) in [6, 6.07) is 3.76. The Kier molecular flexibility index (Phi) is 3.43. The Bertz CT molecular complexity index is 317. The lowest BCUT2D eigenvalue weighted by atomic mass is 10.3. The van der Waals surface area contributed by atoms with Crippen LogP contribution in [0.2, 0.25) is 0 Å². The van der Waals surface area contributed by atoms with Gasteiger partial charge in [0.2, 0.25) is 0 Å². The Morgan fingerprint density at radius 1 is 1.53 bits per heavy atom. The van der Waals surface area contributed by atoms with Crippen LogP contribution in [0, 0.1) is 0 Å². The molecule has 1 fully saturated rings. The molecular formula is C10H15N3OS. The molecule has 0 aliphatic carbocycles. The van der Waals surface area contributed by atoms with Crippen molar-refractivity contribution in [1.82, 2.24) is 10.2 Å². The minimum atomic E-state index is -0.0421. The van der Waals surface area contributed by atoms with Crippen molar-refractivity contribution in [2.24, 2.45) is 0 Å². The van der Waals surface area contributed by atoms with Crippen molar-refractivity contribution in [3.8, 4) is 0 Å².